The Morgan fingerprint density at radius 2 is 2.00 bits per heavy atom. The lowest BCUT2D eigenvalue weighted by Crippen LogP contribution is -2.04. The van der Waals surface area contributed by atoms with Gasteiger partial charge in [0, 0.05) is 25.8 Å². The fourth-order valence-corrected chi connectivity index (χ4v) is 1.72. The maximum absolute atomic E-state index is 10.7. The third-order valence-electron chi connectivity index (χ3n) is 1.87. The molecule has 0 heterocycles. The Hall–Kier alpha value is -0.730. The summed E-state index contributed by atoms with van der Waals surface area (Å²) >= 11 is 1.92. The van der Waals surface area contributed by atoms with Crippen molar-refractivity contribution in [3.63, 3.8) is 0 Å². The molecule has 82 valence electrons. The second kappa shape index (κ2) is 5.38. The molecule has 0 spiro atoms. The lowest BCUT2D eigenvalue weighted by Gasteiger charge is -2.13. The van der Waals surface area contributed by atoms with Gasteiger partial charge < -0.3 is 9.47 Å². The summed E-state index contributed by atoms with van der Waals surface area (Å²) in [5.74, 6) is 0. The Labute approximate surface area is 101 Å². The van der Waals surface area contributed by atoms with E-state index in [0.29, 0.717) is 9.13 Å². The van der Waals surface area contributed by atoms with E-state index in [9.17, 15) is 10.1 Å². The molecule has 0 saturated carbocycles. The largest absolute Gasteiger partial charge is 0.352 e. The Balaban J connectivity index is 3.11. The third kappa shape index (κ3) is 2.86. The minimum absolute atomic E-state index is 0.0622. The number of nitrogens with zero attached hydrogens (tertiary/aromatic N) is 1. The van der Waals surface area contributed by atoms with Gasteiger partial charge in [-0.05, 0) is 28.7 Å². The van der Waals surface area contributed by atoms with E-state index in [-0.39, 0.29) is 5.69 Å². The van der Waals surface area contributed by atoms with Crippen LogP contribution in [0.2, 0.25) is 0 Å². The molecule has 1 rings (SSSR count). The molecule has 0 unspecified atom stereocenters. The molecule has 0 aliphatic rings. The zero-order valence-corrected chi connectivity index (χ0v) is 10.4. The SMILES string of the molecule is COC(OC)c1ccc(I)c([N+](=O)[O-])c1. The second-order valence-corrected chi connectivity index (χ2v) is 3.93. The molecule has 0 fully saturated rings. The number of nitro groups is 1. The average molecular weight is 323 g/mol. The van der Waals surface area contributed by atoms with Crippen molar-refractivity contribution < 1.29 is 14.4 Å². The van der Waals surface area contributed by atoms with Gasteiger partial charge in [0.1, 0.15) is 0 Å². The van der Waals surface area contributed by atoms with Gasteiger partial charge in [0.25, 0.3) is 5.69 Å². The summed E-state index contributed by atoms with van der Waals surface area (Å²) in [4.78, 5) is 10.3. The maximum atomic E-state index is 10.7. The van der Waals surface area contributed by atoms with Gasteiger partial charge in [-0.2, -0.15) is 0 Å². The van der Waals surface area contributed by atoms with Crippen LogP contribution in [-0.2, 0) is 9.47 Å². The molecular weight excluding hydrogens is 313 g/mol. The van der Waals surface area contributed by atoms with Crippen molar-refractivity contribution in [3.8, 4) is 0 Å². The summed E-state index contributed by atoms with van der Waals surface area (Å²) in [5, 5.41) is 10.7. The molecule has 0 aromatic heterocycles. The van der Waals surface area contributed by atoms with Crippen molar-refractivity contribution in [3.05, 3.63) is 37.4 Å². The van der Waals surface area contributed by atoms with Crippen molar-refractivity contribution in [2.75, 3.05) is 14.2 Å². The van der Waals surface area contributed by atoms with Crippen LogP contribution in [0.4, 0.5) is 5.69 Å². The molecule has 0 aliphatic carbocycles. The molecule has 0 radical (unpaired) electrons. The molecule has 0 saturated heterocycles. The van der Waals surface area contributed by atoms with Crippen molar-refractivity contribution in [2.45, 2.75) is 6.29 Å². The van der Waals surface area contributed by atoms with Crippen LogP contribution in [0.25, 0.3) is 0 Å². The van der Waals surface area contributed by atoms with Crippen molar-refractivity contribution in [1.82, 2.24) is 0 Å². The number of benzene rings is 1. The highest BCUT2D eigenvalue weighted by Gasteiger charge is 2.16. The zero-order valence-electron chi connectivity index (χ0n) is 8.27. The van der Waals surface area contributed by atoms with E-state index in [4.69, 9.17) is 9.47 Å². The Kier molecular flexibility index (Phi) is 4.43. The van der Waals surface area contributed by atoms with Crippen LogP contribution < -0.4 is 0 Å². The van der Waals surface area contributed by atoms with Crippen LogP contribution in [0.1, 0.15) is 11.9 Å². The van der Waals surface area contributed by atoms with E-state index in [2.05, 4.69) is 0 Å². The second-order valence-electron chi connectivity index (χ2n) is 2.77. The lowest BCUT2D eigenvalue weighted by atomic mass is 10.2. The van der Waals surface area contributed by atoms with Crippen molar-refractivity contribution >= 4 is 28.3 Å². The van der Waals surface area contributed by atoms with E-state index in [1.807, 2.05) is 22.6 Å². The normalized spacial score (nSPS) is 10.7. The van der Waals surface area contributed by atoms with Crippen LogP contribution in [0.5, 0.6) is 0 Å². The summed E-state index contributed by atoms with van der Waals surface area (Å²) in [6.07, 6.45) is -0.569. The molecule has 0 amide bonds. The third-order valence-corrected chi connectivity index (χ3v) is 2.78. The number of nitro benzene ring substituents is 1. The molecule has 0 atom stereocenters. The minimum atomic E-state index is -0.569. The van der Waals surface area contributed by atoms with Crippen LogP contribution in [0, 0.1) is 13.7 Å². The van der Waals surface area contributed by atoms with Gasteiger partial charge in [-0.1, -0.05) is 6.07 Å². The maximum Gasteiger partial charge on any atom is 0.283 e. The number of ether oxygens (including phenoxy) is 2. The molecule has 1 aromatic carbocycles. The van der Waals surface area contributed by atoms with Crippen LogP contribution >= 0.6 is 22.6 Å². The Morgan fingerprint density at radius 1 is 1.40 bits per heavy atom. The number of halogens is 1. The first-order chi connectivity index (χ1) is 7.10. The fraction of sp³-hybridized carbons (Fsp3) is 0.333. The molecule has 6 heteroatoms. The highest BCUT2D eigenvalue weighted by Crippen LogP contribution is 2.26. The standard InChI is InChI=1S/C9H10INO4/c1-14-9(15-2)6-3-4-7(10)8(5-6)11(12)13/h3-5,9H,1-2H3. The molecule has 0 N–H and O–H groups in total. The van der Waals surface area contributed by atoms with Crippen molar-refractivity contribution in [2.24, 2.45) is 0 Å². The van der Waals surface area contributed by atoms with Gasteiger partial charge in [-0.15, -0.1) is 0 Å². The quantitative estimate of drug-likeness (QED) is 0.370. The van der Waals surface area contributed by atoms with Crippen molar-refractivity contribution in [1.29, 1.82) is 0 Å². The molecule has 15 heavy (non-hydrogen) atoms. The molecule has 5 nitrogen and oxygen atoms in total. The first-order valence-corrected chi connectivity index (χ1v) is 5.17. The van der Waals surface area contributed by atoms with Gasteiger partial charge in [-0.3, -0.25) is 10.1 Å². The Bertz CT molecular complexity index is 365. The summed E-state index contributed by atoms with van der Waals surface area (Å²) < 4.78 is 10.6. The van der Waals surface area contributed by atoms with E-state index in [1.54, 1.807) is 12.1 Å². The summed E-state index contributed by atoms with van der Waals surface area (Å²) in [6, 6.07) is 4.87. The molecule has 1 aromatic rings. The number of hydrogen-bond acceptors (Lipinski definition) is 4. The van der Waals surface area contributed by atoms with Gasteiger partial charge >= 0.3 is 0 Å². The summed E-state index contributed by atoms with van der Waals surface area (Å²) in [7, 11) is 2.97. The van der Waals surface area contributed by atoms with Gasteiger partial charge in [0.2, 0.25) is 0 Å². The Morgan fingerprint density at radius 3 is 2.47 bits per heavy atom. The van der Waals surface area contributed by atoms with E-state index < -0.39 is 11.2 Å². The fourth-order valence-electron chi connectivity index (χ4n) is 1.18. The monoisotopic (exact) mass is 323 g/mol. The predicted molar refractivity (Wildman–Crippen MR) is 62.6 cm³/mol. The summed E-state index contributed by atoms with van der Waals surface area (Å²) in [6.45, 7) is 0. The van der Waals surface area contributed by atoms with Crippen LogP contribution in [0.3, 0.4) is 0 Å². The van der Waals surface area contributed by atoms with Gasteiger partial charge in [0.05, 0.1) is 8.49 Å². The number of rotatable bonds is 4. The topological polar surface area (TPSA) is 61.6 Å². The smallest absolute Gasteiger partial charge is 0.283 e. The average Bonchev–Trinajstić information content (AvgIpc) is 2.21. The molecule has 0 bridgehead atoms. The highest BCUT2D eigenvalue weighted by molar-refractivity contribution is 14.1. The number of methoxy groups -OCH3 is 2. The molecule has 0 aliphatic heterocycles. The van der Waals surface area contributed by atoms with E-state index in [1.165, 1.54) is 20.3 Å². The minimum Gasteiger partial charge on any atom is -0.352 e. The van der Waals surface area contributed by atoms with Crippen LogP contribution in [-0.4, -0.2) is 19.1 Å². The van der Waals surface area contributed by atoms with Gasteiger partial charge in [-0.25, -0.2) is 0 Å². The summed E-state index contributed by atoms with van der Waals surface area (Å²) in [5.41, 5.74) is 0.694. The van der Waals surface area contributed by atoms with E-state index >= 15 is 0 Å². The van der Waals surface area contributed by atoms with Gasteiger partial charge in [0.15, 0.2) is 6.29 Å². The van der Waals surface area contributed by atoms with E-state index in [0.717, 1.165) is 0 Å². The molecular formula is C9H10INO4. The first kappa shape index (κ1) is 12.3. The van der Waals surface area contributed by atoms with Crippen LogP contribution in [0.15, 0.2) is 18.2 Å². The number of hydrogen-bond donors (Lipinski definition) is 0. The lowest BCUT2D eigenvalue weighted by molar-refractivity contribution is -0.386. The predicted octanol–water partition coefficient (Wildman–Crippen LogP) is 2.49. The highest BCUT2D eigenvalue weighted by atomic mass is 127. The zero-order chi connectivity index (χ0) is 11.4. The first-order valence-electron chi connectivity index (χ1n) is 4.09.